The van der Waals surface area contributed by atoms with Crippen LogP contribution >= 0.6 is 0 Å². The molecule has 0 unspecified atom stereocenters. The molecule has 0 saturated heterocycles. The van der Waals surface area contributed by atoms with Crippen LogP contribution in [-0.4, -0.2) is 6.15 Å². The predicted molar refractivity (Wildman–Crippen MR) is 75.6 cm³/mol. The third-order valence-corrected chi connectivity index (χ3v) is 2.43. The summed E-state index contributed by atoms with van der Waals surface area (Å²) in [6.45, 7) is 0. The van der Waals surface area contributed by atoms with Crippen LogP contribution in [0.25, 0.3) is 12.2 Å². The molecule has 2 aromatic carbocycles. The lowest BCUT2D eigenvalue weighted by atomic mass is 10.1. The molecule has 2 rings (SSSR count). The highest BCUT2D eigenvalue weighted by atomic mass is 16.2. The van der Waals surface area contributed by atoms with Crippen LogP contribution in [0, 0.1) is 0 Å². The van der Waals surface area contributed by atoms with Crippen molar-refractivity contribution in [3.63, 3.8) is 0 Å². The highest BCUT2D eigenvalue weighted by Crippen LogP contribution is 2.21. The quantitative estimate of drug-likeness (QED) is 0.636. The fraction of sp³-hybridized carbons (Fsp3) is 0. The van der Waals surface area contributed by atoms with Gasteiger partial charge in [-0.1, -0.05) is 54.6 Å². The van der Waals surface area contributed by atoms with Crippen molar-refractivity contribution in [1.82, 2.24) is 0 Å². The largest absolute Gasteiger partial charge is 0.397 e. The Kier molecular flexibility index (Phi) is 5.60. The van der Waals surface area contributed by atoms with E-state index in [2.05, 4.69) is 0 Å². The van der Waals surface area contributed by atoms with Crippen LogP contribution in [0.5, 0.6) is 0 Å². The molecule has 96 valence electrons. The van der Waals surface area contributed by atoms with E-state index >= 15 is 0 Å². The third-order valence-electron chi connectivity index (χ3n) is 2.43. The van der Waals surface area contributed by atoms with Crippen molar-refractivity contribution >= 4 is 29.7 Å². The van der Waals surface area contributed by atoms with Gasteiger partial charge in [0.05, 0.1) is 11.4 Å². The van der Waals surface area contributed by atoms with E-state index in [0.29, 0.717) is 11.4 Å². The first-order valence-corrected chi connectivity index (χ1v) is 5.55. The first-order chi connectivity index (χ1) is 9.19. The minimum Gasteiger partial charge on any atom is -0.397 e. The Morgan fingerprint density at radius 3 is 2.11 bits per heavy atom. The molecule has 0 bridgehead atoms. The second-order valence-electron chi connectivity index (χ2n) is 3.68. The lowest BCUT2D eigenvalue weighted by molar-refractivity contribution is -0.191. The molecule has 0 spiro atoms. The highest BCUT2D eigenvalue weighted by molar-refractivity contribution is 5.81. The minimum atomic E-state index is 0.250. The molecule has 0 aliphatic heterocycles. The maximum Gasteiger partial charge on any atom is 0.373 e. The smallest absolute Gasteiger partial charge is 0.373 e. The van der Waals surface area contributed by atoms with E-state index < -0.39 is 0 Å². The lowest BCUT2D eigenvalue weighted by Crippen LogP contribution is -1.96. The average Bonchev–Trinajstić information content (AvgIpc) is 2.43. The summed E-state index contributed by atoms with van der Waals surface area (Å²) in [5, 5.41) is 0. The number of para-hydroxylation sites is 1. The Hall–Kier alpha value is -2.84. The highest BCUT2D eigenvalue weighted by Gasteiger charge is 1.97. The number of anilines is 2. The summed E-state index contributed by atoms with van der Waals surface area (Å²) in [5.74, 6) is 0. The van der Waals surface area contributed by atoms with Gasteiger partial charge >= 0.3 is 6.15 Å². The number of nitrogen functional groups attached to an aromatic ring is 2. The Labute approximate surface area is 111 Å². The fourth-order valence-electron chi connectivity index (χ4n) is 1.50. The molecule has 0 saturated carbocycles. The molecule has 0 amide bonds. The number of rotatable bonds is 2. The van der Waals surface area contributed by atoms with Gasteiger partial charge in [-0.2, -0.15) is 9.59 Å². The summed E-state index contributed by atoms with van der Waals surface area (Å²) in [7, 11) is 0. The van der Waals surface area contributed by atoms with Crippen molar-refractivity contribution in [1.29, 1.82) is 0 Å². The van der Waals surface area contributed by atoms with Crippen molar-refractivity contribution in [2.45, 2.75) is 0 Å². The van der Waals surface area contributed by atoms with Gasteiger partial charge in [-0.05, 0) is 17.2 Å². The SMILES string of the molecule is Nc1cccc(C=Cc2ccccc2)c1N.O=C=O. The third kappa shape index (κ3) is 4.50. The summed E-state index contributed by atoms with van der Waals surface area (Å²) in [6, 6.07) is 15.7. The number of nitrogens with two attached hydrogens (primary N) is 2. The zero-order valence-corrected chi connectivity index (χ0v) is 10.2. The molecule has 0 fully saturated rings. The minimum absolute atomic E-state index is 0.250. The molecular formula is C15H14N2O2. The van der Waals surface area contributed by atoms with Crippen LogP contribution in [0.4, 0.5) is 11.4 Å². The second kappa shape index (κ2) is 7.48. The molecule has 0 aliphatic carbocycles. The monoisotopic (exact) mass is 254 g/mol. The Morgan fingerprint density at radius 2 is 1.47 bits per heavy atom. The molecule has 0 heterocycles. The zero-order valence-electron chi connectivity index (χ0n) is 10.2. The first kappa shape index (κ1) is 14.2. The summed E-state index contributed by atoms with van der Waals surface area (Å²) < 4.78 is 0. The fourth-order valence-corrected chi connectivity index (χ4v) is 1.50. The van der Waals surface area contributed by atoms with Gasteiger partial charge in [-0.25, -0.2) is 0 Å². The predicted octanol–water partition coefficient (Wildman–Crippen LogP) is 2.44. The molecule has 0 aromatic heterocycles. The van der Waals surface area contributed by atoms with Gasteiger partial charge in [0.25, 0.3) is 0 Å². The normalized spacial score (nSPS) is 9.47. The van der Waals surface area contributed by atoms with Crippen molar-refractivity contribution in [2.24, 2.45) is 0 Å². The van der Waals surface area contributed by atoms with Gasteiger partial charge < -0.3 is 11.5 Å². The van der Waals surface area contributed by atoms with E-state index in [1.54, 1.807) is 6.07 Å². The van der Waals surface area contributed by atoms with Crippen LogP contribution in [-0.2, 0) is 9.59 Å². The van der Waals surface area contributed by atoms with Gasteiger partial charge in [0.15, 0.2) is 0 Å². The second-order valence-corrected chi connectivity index (χ2v) is 3.68. The van der Waals surface area contributed by atoms with E-state index in [1.165, 1.54) is 0 Å². The number of benzene rings is 2. The van der Waals surface area contributed by atoms with E-state index in [1.807, 2.05) is 54.6 Å². The van der Waals surface area contributed by atoms with Gasteiger partial charge in [-0.3, -0.25) is 0 Å². The number of carbonyl (C=O) groups excluding carboxylic acids is 2. The van der Waals surface area contributed by atoms with Gasteiger partial charge in [0.2, 0.25) is 0 Å². The van der Waals surface area contributed by atoms with E-state index in [0.717, 1.165) is 11.1 Å². The van der Waals surface area contributed by atoms with Gasteiger partial charge in [-0.15, -0.1) is 0 Å². The van der Waals surface area contributed by atoms with Crippen LogP contribution < -0.4 is 11.5 Å². The topological polar surface area (TPSA) is 86.2 Å². The van der Waals surface area contributed by atoms with Gasteiger partial charge in [0, 0.05) is 0 Å². The molecule has 0 atom stereocenters. The summed E-state index contributed by atoms with van der Waals surface area (Å²) in [6.07, 6.45) is 4.24. The van der Waals surface area contributed by atoms with Crippen LogP contribution in [0.1, 0.15) is 11.1 Å². The van der Waals surface area contributed by atoms with Crippen molar-refractivity contribution < 1.29 is 9.59 Å². The standard InChI is InChI=1S/C14H14N2.CO2/c15-13-8-4-7-12(14(13)16)10-9-11-5-2-1-3-6-11;2-1-3/h1-10H,15-16H2;. The first-order valence-electron chi connectivity index (χ1n) is 5.55. The van der Waals surface area contributed by atoms with Crippen LogP contribution in [0.15, 0.2) is 48.5 Å². The Morgan fingerprint density at radius 1 is 0.842 bits per heavy atom. The van der Waals surface area contributed by atoms with Crippen molar-refractivity contribution in [3.05, 3.63) is 59.7 Å². The van der Waals surface area contributed by atoms with E-state index in [9.17, 15) is 0 Å². The summed E-state index contributed by atoms with van der Waals surface area (Å²) in [4.78, 5) is 16.2. The number of hydrogen-bond acceptors (Lipinski definition) is 4. The molecule has 19 heavy (non-hydrogen) atoms. The average molecular weight is 254 g/mol. The lowest BCUT2D eigenvalue weighted by Gasteiger charge is -2.03. The van der Waals surface area contributed by atoms with Crippen LogP contribution in [0.3, 0.4) is 0 Å². The molecular weight excluding hydrogens is 240 g/mol. The molecule has 0 radical (unpaired) electrons. The molecule has 2 aromatic rings. The van der Waals surface area contributed by atoms with Crippen molar-refractivity contribution in [2.75, 3.05) is 11.5 Å². The number of hydrogen-bond donors (Lipinski definition) is 2. The van der Waals surface area contributed by atoms with E-state index in [-0.39, 0.29) is 6.15 Å². The molecule has 4 N–H and O–H groups in total. The Bertz CT molecular complexity index is 586. The maximum absolute atomic E-state index is 8.12. The Balaban J connectivity index is 0.000000550. The molecule has 4 heteroatoms. The maximum atomic E-state index is 8.12. The summed E-state index contributed by atoms with van der Waals surface area (Å²) >= 11 is 0. The van der Waals surface area contributed by atoms with Crippen molar-refractivity contribution in [3.8, 4) is 0 Å². The van der Waals surface area contributed by atoms with Crippen LogP contribution in [0.2, 0.25) is 0 Å². The summed E-state index contributed by atoms with van der Waals surface area (Å²) in [5.41, 5.74) is 14.9. The van der Waals surface area contributed by atoms with E-state index in [4.69, 9.17) is 21.1 Å². The van der Waals surface area contributed by atoms with Gasteiger partial charge in [0.1, 0.15) is 0 Å². The zero-order chi connectivity index (χ0) is 14.1. The molecule has 4 nitrogen and oxygen atoms in total. The molecule has 0 aliphatic rings.